The fourth-order valence-corrected chi connectivity index (χ4v) is 6.23. The van der Waals surface area contributed by atoms with Gasteiger partial charge in [-0.3, -0.25) is 4.90 Å². The van der Waals surface area contributed by atoms with Crippen LogP contribution in [0.15, 0.2) is 132 Å². The zero-order valence-electron chi connectivity index (χ0n) is 21.4. The molecule has 40 heavy (non-hydrogen) atoms. The molecule has 6 aromatic carbocycles. The summed E-state index contributed by atoms with van der Waals surface area (Å²) in [7, 11) is 0. The fraction of sp³-hybridized carbons (Fsp3) is 0. The second-order valence-corrected chi connectivity index (χ2v) is 10.2. The van der Waals surface area contributed by atoms with Crippen LogP contribution < -0.4 is 4.90 Å². The molecule has 0 saturated carbocycles. The van der Waals surface area contributed by atoms with E-state index in [0.29, 0.717) is 5.95 Å². The van der Waals surface area contributed by atoms with Crippen molar-refractivity contribution >= 4 is 60.9 Å². The van der Waals surface area contributed by atoms with E-state index in [9.17, 15) is 0 Å². The van der Waals surface area contributed by atoms with Gasteiger partial charge in [-0.15, -0.1) is 0 Å². The standard InChI is InChI=1S/C36H21N3O/c1-4-15-29-28(13-1)35(23-19-20-26-25-12-3-6-18-32(25)40-33(26)21-23)38-36(37-29)39-30-16-5-2-11-24(30)27-14-7-9-22-10-8-17-31(39)34(22)27/h1-21H. The molecule has 0 atom stereocenters. The number of nitrogens with zero attached hydrogens (tertiary/aromatic N) is 3. The highest BCUT2D eigenvalue weighted by Crippen LogP contribution is 2.50. The van der Waals surface area contributed by atoms with E-state index in [-0.39, 0.29) is 0 Å². The molecule has 0 radical (unpaired) electrons. The maximum absolute atomic E-state index is 6.24. The van der Waals surface area contributed by atoms with Gasteiger partial charge in [-0.2, -0.15) is 0 Å². The summed E-state index contributed by atoms with van der Waals surface area (Å²) in [5.74, 6) is 0.646. The first-order chi connectivity index (χ1) is 19.8. The molecule has 0 spiro atoms. The van der Waals surface area contributed by atoms with Crippen LogP contribution in [0.5, 0.6) is 0 Å². The van der Waals surface area contributed by atoms with E-state index in [1.54, 1.807) is 0 Å². The van der Waals surface area contributed by atoms with Gasteiger partial charge in [0.05, 0.1) is 22.6 Å². The highest BCUT2D eigenvalue weighted by atomic mass is 16.3. The third kappa shape index (κ3) is 2.96. The Morgan fingerprint density at radius 2 is 1.25 bits per heavy atom. The van der Waals surface area contributed by atoms with Gasteiger partial charge in [-0.1, -0.05) is 91.0 Å². The van der Waals surface area contributed by atoms with Crippen LogP contribution in [0.3, 0.4) is 0 Å². The molecule has 0 saturated heterocycles. The predicted octanol–water partition coefficient (Wildman–Crippen LogP) is 9.80. The number of hydrogen-bond acceptors (Lipinski definition) is 4. The number of rotatable bonds is 2. The lowest BCUT2D eigenvalue weighted by atomic mass is 9.91. The summed E-state index contributed by atoms with van der Waals surface area (Å²) in [6.45, 7) is 0. The Kier molecular flexibility index (Phi) is 4.30. The minimum absolute atomic E-state index is 0.646. The van der Waals surface area contributed by atoms with Gasteiger partial charge in [0.15, 0.2) is 0 Å². The summed E-state index contributed by atoms with van der Waals surface area (Å²) in [6, 6.07) is 44.3. The minimum Gasteiger partial charge on any atom is -0.456 e. The zero-order chi connectivity index (χ0) is 26.2. The molecule has 0 aliphatic carbocycles. The smallest absolute Gasteiger partial charge is 0.235 e. The van der Waals surface area contributed by atoms with Gasteiger partial charge in [0.2, 0.25) is 5.95 Å². The Hall–Kier alpha value is -5.48. The summed E-state index contributed by atoms with van der Waals surface area (Å²) in [4.78, 5) is 12.6. The lowest BCUT2D eigenvalue weighted by Crippen LogP contribution is -2.18. The Balaban J connectivity index is 1.33. The molecule has 2 aromatic heterocycles. The third-order valence-electron chi connectivity index (χ3n) is 8.00. The molecule has 1 aliphatic rings. The van der Waals surface area contributed by atoms with Gasteiger partial charge >= 0.3 is 0 Å². The first-order valence-electron chi connectivity index (χ1n) is 13.4. The van der Waals surface area contributed by atoms with Crippen LogP contribution in [-0.2, 0) is 0 Å². The number of anilines is 3. The average Bonchev–Trinajstić information content (AvgIpc) is 3.39. The first-order valence-corrected chi connectivity index (χ1v) is 13.4. The van der Waals surface area contributed by atoms with Crippen molar-refractivity contribution in [2.75, 3.05) is 4.90 Å². The molecular formula is C36H21N3O. The Bertz CT molecular complexity index is 2290. The molecule has 0 fully saturated rings. The van der Waals surface area contributed by atoms with E-state index < -0.39 is 0 Å². The largest absolute Gasteiger partial charge is 0.456 e. The van der Waals surface area contributed by atoms with Crippen LogP contribution in [0.25, 0.3) is 66.0 Å². The van der Waals surface area contributed by atoms with E-state index >= 15 is 0 Å². The second kappa shape index (κ2) is 8.01. The van der Waals surface area contributed by atoms with Crippen LogP contribution in [0, 0.1) is 0 Å². The highest BCUT2D eigenvalue weighted by Gasteiger charge is 2.28. The lowest BCUT2D eigenvalue weighted by Gasteiger charge is -2.32. The maximum Gasteiger partial charge on any atom is 0.235 e. The molecule has 186 valence electrons. The van der Waals surface area contributed by atoms with E-state index in [2.05, 4.69) is 102 Å². The van der Waals surface area contributed by atoms with E-state index in [0.717, 1.165) is 55.5 Å². The maximum atomic E-state index is 6.24. The van der Waals surface area contributed by atoms with Crippen molar-refractivity contribution in [3.63, 3.8) is 0 Å². The molecule has 1 aliphatic heterocycles. The van der Waals surface area contributed by atoms with Crippen molar-refractivity contribution in [3.8, 4) is 22.4 Å². The van der Waals surface area contributed by atoms with Gasteiger partial charge in [0.25, 0.3) is 0 Å². The number of benzene rings is 6. The van der Waals surface area contributed by atoms with Crippen molar-refractivity contribution in [2.24, 2.45) is 0 Å². The number of aromatic nitrogens is 2. The van der Waals surface area contributed by atoms with Crippen LogP contribution in [0.4, 0.5) is 17.3 Å². The van der Waals surface area contributed by atoms with Crippen molar-refractivity contribution in [2.45, 2.75) is 0 Å². The number of para-hydroxylation sites is 3. The summed E-state index contributed by atoms with van der Waals surface area (Å²) in [5.41, 5.74) is 9.08. The van der Waals surface area contributed by atoms with Crippen molar-refractivity contribution < 1.29 is 4.42 Å². The molecule has 3 heterocycles. The summed E-state index contributed by atoms with van der Waals surface area (Å²) < 4.78 is 6.24. The molecule has 0 N–H and O–H groups in total. The van der Waals surface area contributed by atoms with E-state index in [1.807, 2.05) is 30.3 Å². The van der Waals surface area contributed by atoms with Gasteiger partial charge in [0.1, 0.15) is 11.2 Å². The lowest BCUT2D eigenvalue weighted by molar-refractivity contribution is 0.669. The second-order valence-electron chi connectivity index (χ2n) is 10.2. The first kappa shape index (κ1) is 21.5. The molecule has 8 aromatic rings. The van der Waals surface area contributed by atoms with Crippen molar-refractivity contribution in [3.05, 3.63) is 127 Å². The monoisotopic (exact) mass is 511 g/mol. The van der Waals surface area contributed by atoms with E-state index in [4.69, 9.17) is 14.4 Å². The molecule has 9 rings (SSSR count). The molecular weight excluding hydrogens is 490 g/mol. The predicted molar refractivity (Wildman–Crippen MR) is 163 cm³/mol. The molecule has 0 bridgehead atoms. The van der Waals surface area contributed by atoms with Crippen LogP contribution >= 0.6 is 0 Å². The van der Waals surface area contributed by atoms with Gasteiger partial charge in [-0.05, 0) is 47.3 Å². The van der Waals surface area contributed by atoms with Gasteiger partial charge in [0, 0.05) is 32.7 Å². The Morgan fingerprint density at radius 1 is 0.525 bits per heavy atom. The number of fused-ring (bicyclic) bond motifs is 6. The van der Waals surface area contributed by atoms with Gasteiger partial charge < -0.3 is 4.42 Å². The van der Waals surface area contributed by atoms with E-state index in [1.165, 1.54) is 21.9 Å². The Labute approximate surface area is 229 Å². The van der Waals surface area contributed by atoms with Crippen molar-refractivity contribution in [1.29, 1.82) is 0 Å². The number of hydrogen-bond donors (Lipinski definition) is 0. The van der Waals surface area contributed by atoms with Crippen LogP contribution in [-0.4, -0.2) is 9.97 Å². The highest BCUT2D eigenvalue weighted by molar-refractivity contribution is 6.13. The van der Waals surface area contributed by atoms with Gasteiger partial charge in [-0.25, -0.2) is 9.97 Å². The SMILES string of the molecule is c1ccc2c(c1)-c1cccc3cccc(c13)N2c1nc(-c2ccc3c(c2)oc2ccccc23)c2ccccc2n1. The number of furan rings is 1. The average molecular weight is 512 g/mol. The third-order valence-corrected chi connectivity index (χ3v) is 8.00. The zero-order valence-corrected chi connectivity index (χ0v) is 21.4. The Morgan fingerprint density at radius 3 is 2.20 bits per heavy atom. The van der Waals surface area contributed by atoms with Crippen molar-refractivity contribution in [1.82, 2.24) is 9.97 Å². The quantitative estimate of drug-likeness (QED) is 0.232. The summed E-state index contributed by atoms with van der Waals surface area (Å²) in [6.07, 6.45) is 0. The molecule has 4 heteroatoms. The summed E-state index contributed by atoms with van der Waals surface area (Å²) >= 11 is 0. The van der Waals surface area contributed by atoms with Crippen LogP contribution in [0.2, 0.25) is 0 Å². The topological polar surface area (TPSA) is 42.2 Å². The molecule has 0 amide bonds. The normalized spacial score (nSPS) is 12.4. The van der Waals surface area contributed by atoms with Crippen LogP contribution in [0.1, 0.15) is 0 Å². The molecule has 0 unspecified atom stereocenters. The molecule has 4 nitrogen and oxygen atoms in total. The fourth-order valence-electron chi connectivity index (χ4n) is 6.23. The summed E-state index contributed by atoms with van der Waals surface area (Å²) in [5, 5.41) is 5.64. The minimum atomic E-state index is 0.646.